The number of benzene rings is 2. The van der Waals surface area contributed by atoms with Crippen LogP contribution in [0.4, 0.5) is 0 Å². The van der Waals surface area contributed by atoms with Crippen LogP contribution in [0, 0.1) is 0 Å². The van der Waals surface area contributed by atoms with Crippen LogP contribution in [0.3, 0.4) is 0 Å². The SMILES string of the molecule is CCOC(=O)CCCSc1ccc2cc(Cl)ccc2c1. The molecule has 20 heavy (non-hydrogen) atoms. The molecule has 0 saturated heterocycles. The minimum absolute atomic E-state index is 0.110. The van der Waals surface area contributed by atoms with Gasteiger partial charge in [-0.25, -0.2) is 0 Å². The topological polar surface area (TPSA) is 26.3 Å². The van der Waals surface area contributed by atoms with E-state index in [0.717, 1.165) is 22.6 Å². The summed E-state index contributed by atoms with van der Waals surface area (Å²) in [7, 11) is 0. The molecular weight excluding hydrogens is 292 g/mol. The maximum atomic E-state index is 11.2. The average Bonchev–Trinajstić information content (AvgIpc) is 2.44. The van der Waals surface area contributed by atoms with Gasteiger partial charge in [-0.3, -0.25) is 4.79 Å². The largest absolute Gasteiger partial charge is 0.466 e. The zero-order valence-corrected chi connectivity index (χ0v) is 13.0. The molecule has 0 aliphatic carbocycles. The zero-order valence-electron chi connectivity index (χ0n) is 11.4. The lowest BCUT2D eigenvalue weighted by Gasteiger charge is -2.04. The van der Waals surface area contributed by atoms with Crippen molar-refractivity contribution in [1.29, 1.82) is 0 Å². The monoisotopic (exact) mass is 308 g/mol. The van der Waals surface area contributed by atoms with Crippen LogP contribution in [0.2, 0.25) is 5.02 Å². The minimum atomic E-state index is -0.110. The van der Waals surface area contributed by atoms with Crippen molar-refractivity contribution < 1.29 is 9.53 Å². The molecule has 0 heterocycles. The van der Waals surface area contributed by atoms with Gasteiger partial charge < -0.3 is 4.74 Å². The second-order valence-corrected chi connectivity index (χ2v) is 6.02. The molecule has 0 aliphatic heterocycles. The van der Waals surface area contributed by atoms with E-state index < -0.39 is 0 Å². The van der Waals surface area contributed by atoms with Gasteiger partial charge in [-0.1, -0.05) is 23.7 Å². The Labute approximate surface area is 128 Å². The summed E-state index contributed by atoms with van der Waals surface area (Å²) in [6.07, 6.45) is 1.33. The summed E-state index contributed by atoms with van der Waals surface area (Å²) >= 11 is 7.73. The smallest absolute Gasteiger partial charge is 0.305 e. The van der Waals surface area contributed by atoms with Crippen molar-refractivity contribution in [2.75, 3.05) is 12.4 Å². The molecule has 2 rings (SSSR count). The molecule has 0 saturated carbocycles. The van der Waals surface area contributed by atoms with E-state index in [2.05, 4.69) is 18.2 Å². The average molecular weight is 309 g/mol. The highest BCUT2D eigenvalue weighted by molar-refractivity contribution is 7.99. The van der Waals surface area contributed by atoms with Crippen LogP contribution in [0.25, 0.3) is 10.8 Å². The lowest BCUT2D eigenvalue weighted by molar-refractivity contribution is -0.143. The van der Waals surface area contributed by atoms with Crippen molar-refractivity contribution in [3.63, 3.8) is 0 Å². The molecule has 0 atom stereocenters. The Hall–Kier alpha value is -1.19. The summed E-state index contributed by atoms with van der Waals surface area (Å²) in [5.41, 5.74) is 0. The van der Waals surface area contributed by atoms with Gasteiger partial charge in [-0.15, -0.1) is 11.8 Å². The Morgan fingerprint density at radius 3 is 2.75 bits per heavy atom. The first-order chi connectivity index (χ1) is 9.69. The third-order valence-corrected chi connectivity index (χ3v) is 4.19. The summed E-state index contributed by atoms with van der Waals surface area (Å²) in [5, 5.41) is 3.09. The molecule has 0 radical (unpaired) electrons. The lowest BCUT2D eigenvalue weighted by Crippen LogP contribution is -2.03. The van der Waals surface area contributed by atoms with Gasteiger partial charge in [0.15, 0.2) is 0 Å². The molecule has 106 valence electrons. The Balaban J connectivity index is 1.87. The van der Waals surface area contributed by atoms with E-state index >= 15 is 0 Å². The van der Waals surface area contributed by atoms with E-state index in [9.17, 15) is 4.79 Å². The van der Waals surface area contributed by atoms with E-state index in [1.54, 1.807) is 11.8 Å². The second kappa shape index (κ2) is 7.55. The number of hydrogen-bond acceptors (Lipinski definition) is 3. The Kier molecular flexibility index (Phi) is 5.74. The second-order valence-electron chi connectivity index (χ2n) is 4.41. The van der Waals surface area contributed by atoms with Crippen molar-refractivity contribution in [2.45, 2.75) is 24.7 Å². The zero-order chi connectivity index (χ0) is 14.4. The van der Waals surface area contributed by atoms with Gasteiger partial charge >= 0.3 is 5.97 Å². The quantitative estimate of drug-likeness (QED) is 0.430. The van der Waals surface area contributed by atoms with Gasteiger partial charge in [0.25, 0.3) is 0 Å². The molecule has 0 spiro atoms. The number of carbonyl (C=O) groups excluding carboxylic acids is 1. The highest BCUT2D eigenvalue weighted by Gasteiger charge is 2.02. The first kappa shape index (κ1) is 15.2. The standard InChI is InChI=1S/C16H17ClO2S/c1-2-19-16(18)4-3-9-20-15-8-6-12-10-14(17)7-5-13(12)11-15/h5-8,10-11H,2-4,9H2,1H3. The number of ether oxygens (including phenoxy) is 1. The highest BCUT2D eigenvalue weighted by Crippen LogP contribution is 2.26. The molecule has 2 aromatic carbocycles. The fourth-order valence-electron chi connectivity index (χ4n) is 1.92. The molecule has 4 heteroatoms. The van der Waals surface area contributed by atoms with Crippen LogP contribution in [0.5, 0.6) is 0 Å². The van der Waals surface area contributed by atoms with Gasteiger partial charge in [-0.2, -0.15) is 0 Å². The van der Waals surface area contributed by atoms with Crippen LogP contribution in [0.15, 0.2) is 41.3 Å². The fraction of sp³-hybridized carbons (Fsp3) is 0.312. The summed E-state index contributed by atoms with van der Waals surface area (Å²) in [5.74, 6) is 0.805. The molecule has 0 bridgehead atoms. The Morgan fingerprint density at radius 2 is 1.95 bits per heavy atom. The van der Waals surface area contributed by atoms with Crippen LogP contribution in [-0.4, -0.2) is 18.3 Å². The van der Waals surface area contributed by atoms with Crippen LogP contribution < -0.4 is 0 Å². The number of thioether (sulfide) groups is 1. The third-order valence-electron chi connectivity index (χ3n) is 2.87. The molecule has 2 nitrogen and oxygen atoms in total. The van der Waals surface area contributed by atoms with Crippen LogP contribution in [0.1, 0.15) is 19.8 Å². The minimum Gasteiger partial charge on any atom is -0.466 e. The maximum Gasteiger partial charge on any atom is 0.305 e. The first-order valence-electron chi connectivity index (χ1n) is 6.67. The molecule has 0 unspecified atom stereocenters. The van der Waals surface area contributed by atoms with Gasteiger partial charge in [0.2, 0.25) is 0 Å². The number of halogens is 1. The van der Waals surface area contributed by atoms with Crippen molar-refractivity contribution >= 4 is 40.1 Å². The third kappa shape index (κ3) is 4.43. The number of rotatable bonds is 6. The first-order valence-corrected chi connectivity index (χ1v) is 8.03. The van der Waals surface area contributed by atoms with Crippen molar-refractivity contribution in [1.82, 2.24) is 0 Å². The highest BCUT2D eigenvalue weighted by atomic mass is 35.5. The van der Waals surface area contributed by atoms with Gasteiger partial charge in [0.1, 0.15) is 0 Å². The summed E-state index contributed by atoms with van der Waals surface area (Å²) in [4.78, 5) is 12.4. The van der Waals surface area contributed by atoms with E-state index in [1.807, 2.05) is 25.1 Å². The van der Waals surface area contributed by atoms with Crippen LogP contribution >= 0.6 is 23.4 Å². The number of hydrogen-bond donors (Lipinski definition) is 0. The van der Waals surface area contributed by atoms with Gasteiger partial charge in [0, 0.05) is 16.3 Å². The van der Waals surface area contributed by atoms with E-state index in [1.165, 1.54) is 10.3 Å². The Bertz CT molecular complexity index is 598. The molecule has 0 aliphatic rings. The fourth-order valence-corrected chi connectivity index (χ4v) is 3.00. The van der Waals surface area contributed by atoms with E-state index in [-0.39, 0.29) is 5.97 Å². The molecule has 0 fully saturated rings. The van der Waals surface area contributed by atoms with E-state index in [4.69, 9.17) is 16.3 Å². The molecule has 2 aromatic rings. The summed E-state index contributed by atoms with van der Waals surface area (Å²) < 4.78 is 4.90. The number of carbonyl (C=O) groups is 1. The molecule has 0 N–H and O–H groups in total. The lowest BCUT2D eigenvalue weighted by atomic mass is 10.1. The molecule has 0 amide bonds. The van der Waals surface area contributed by atoms with E-state index in [0.29, 0.717) is 13.0 Å². The van der Waals surface area contributed by atoms with Gasteiger partial charge in [0.05, 0.1) is 6.61 Å². The van der Waals surface area contributed by atoms with Crippen molar-refractivity contribution in [3.8, 4) is 0 Å². The number of esters is 1. The molecular formula is C16H17ClO2S. The predicted octanol–water partition coefficient (Wildman–Crippen LogP) is 4.93. The normalized spacial score (nSPS) is 10.7. The summed E-state index contributed by atoms with van der Waals surface area (Å²) in [6.45, 7) is 2.28. The van der Waals surface area contributed by atoms with Crippen LogP contribution in [-0.2, 0) is 9.53 Å². The predicted molar refractivity (Wildman–Crippen MR) is 85.5 cm³/mol. The number of fused-ring (bicyclic) bond motifs is 1. The van der Waals surface area contributed by atoms with Gasteiger partial charge in [-0.05, 0) is 54.1 Å². The summed E-state index contributed by atoms with van der Waals surface area (Å²) in [6, 6.07) is 12.2. The molecule has 0 aromatic heterocycles. The van der Waals surface area contributed by atoms with Crippen molar-refractivity contribution in [3.05, 3.63) is 41.4 Å². The Morgan fingerprint density at radius 1 is 1.20 bits per heavy atom. The van der Waals surface area contributed by atoms with Crippen molar-refractivity contribution in [2.24, 2.45) is 0 Å². The maximum absolute atomic E-state index is 11.2.